The molecule has 0 aromatic carbocycles. The predicted molar refractivity (Wildman–Crippen MR) is 219 cm³/mol. The van der Waals surface area contributed by atoms with E-state index >= 15 is 0 Å². The number of aliphatic hydroxyl groups is 1. The van der Waals surface area contributed by atoms with E-state index in [-0.39, 0.29) is 20.1 Å². The highest BCUT2D eigenvalue weighted by atomic mass is 31.2. The van der Waals surface area contributed by atoms with E-state index in [0.29, 0.717) is 0 Å². The zero-order chi connectivity index (χ0) is 56.6. The maximum Gasteiger partial charge on any atom is 0.470 e. The molecule has 0 saturated carbocycles. The molecule has 0 amide bonds. The fourth-order valence-electron chi connectivity index (χ4n) is 3.74. The van der Waals surface area contributed by atoms with E-state index in [1.807, 2.05) is 0 Å². The molecular weight excluding hydrogens is 1220 g/mol. The largest absolute Gasteiger partial charge is 0.756 e. The summed E-state index contributed by atoms with van der Waals surface area (Å²) in [6.07, 6.45) is -2.92. The molecule has 0 heterocycles. The molecule has 0 saturated heterocycles. The van der Waals surface area contributed by atoms with Crippen LogP contribution in [0.15, 0.2) is 0 Å². The van der Waals surface area contributed by atoms with Crippen LogP contribution in [0.4, 0.5) is 0 Å². The second-order valence-electron chi connectivity index (χ2n) is 12.4. The van der Waals surface area contributed by atoms with E-state index < -0.39 is 195 Å². The van der Waals surface area contributed by atoms with E-state index in [1.54, 1.807) is 0 Å². The topological polar surface area (TPSA) is 598 Å². The van der Waals surface area contributed by atoms with Crippen molar-refractivity contribution in [3.63, 3.8) is 0 Å². The van der Waals surface area contributed by atoms with Crippen molar-refractivity contribution in [1.29, 1.82) is 0 Å². The van der Waals surface area contributed by atoms with Gasteiger partial charge in [-0.15, -0.1) is 0 Å². The van der Waals surface area contributed by atoms with Crippen molar-refractivity contribution in [2.75, 3.05) is 146 Å². The second-order valence-corrected chi connectivity index (χ2v) is 24.8. The number of ether oxygens (including phenoxy) is 2. The summed E-state index contributed by atoms with van der Waals surface area (Å²) < 4.78 is 189. The van der Waals surface area contributed by atoms with Gasteiger partial charge in [0.25, 0.3) is 62.6 Å². The van der Waals surface area contributed by atoms with Crippen LogP contribution in [0, 0.1) is 0 Å². The highest BCUT2D eigenvalue weighted by molar-refractivity contribution is 7.48. The van der Waals surface area contributed by atoms with Crippen LogP contribution in [0.2, 0.25) is 0 Å². The number of aliphatic hydroxyl groups excluding tert-OH is 1. The lowest BCUT2D eigenvalue weighted by Crippen LogP contribution is -2.28. The van der Waals surface area contributed by atoms with Gasteiger partial charge in [-0.25, -0.2) is 4.57 Å². The zero-order valence-corrected chi connectivity index (χ0v) is 46.4. The maximum absolute atomic E-state index is 11.9. The quantitative estimate of drug-likeness (QED) is 0.0215. The van der Waals surface area contributed by atoms with Gasteiger partial charge in [0, 0.05) is 0 Å². The predicted octanol–water partition coefficient (Wildman–Crippen LogP) is -5.78. The molecule has 0 radical (unpaired) electrons. The monoisotopic (exact) mass is 1270 g/mol. The van der Waals surface area contributed by atoms with E-state index in [4.69, 9.17) is 24.4 Å². The number of hydrogen-bond acceptors (Lipinski definition) is 39. The minimum Gasteiger partial charge on any atom is -0.756 e. The lowest BCUT2D eigenvalue weighted by molar-refractivity contribution is -0.239. The molecule has 10 unspecified atom stereocenters. The van der Waals surface area contributed by atoms with Crippen LogP contribution >= 0.6 is 70.4 Å². The Balaban J connectivity index is 4.31. The first kappa shape index (κ1) is 74.8. The highest BCUT2D eigenvalue weighted by Gasteiger charge is 2.26. The number of phosphoric acid groups is 9. The number of rotatable bonds is 51. The Hall–Kier alpha value is 0.790. The van der Waals surface area contributed by atoms with Crippen molar-refractivity contribution in [2.45, 2.75) is 12.2 Å². The molecule has 5 N–H and O–H groups in total. The Morgan fingerprint density at radius 3 is 0.770 bits per heavy atom. The van der Waals surface area contributed by atoms with Crippen molar-refractivity contribution in [1.82, 2.24) is 10.6 Å². The summed E-state index contributed by atoms with van der Waals surface area (Å²) in [5, 5.41) is 14.3. The van der Waals surface area contributed by atoms with Gasteiger partial charge >= 0.3 is 7.82 Å². The fourth-order valence-corrected chi connectivity index (χ4v) is 9.85. The van der Waals surface area contributed by atoms with Gasteiger partial charge in [-0.1, -0.05) is 0 Å². The smallest absolute Gasteiger partial charge is 0.470 e. The van der Waals surface area contributed by atoms with Crippen molar-refractivity contribution >= 4 is 70.4 Å². The average Bonchev–Trinajstić information content (AvgIpc) is 3.27. The highest BCUT2D eigenvalue weighted by Crippen LogP contribution is 2.46. The first-order chi connectivity index (χ1) is 34.1. The molecule has 0 aliphatic heterocycles. The van der Waals surface area contributed by atoms with Crippen LogP contribution < -0.4 is 49.8 Å². The van der Waals surface area contributed by atoms with Gasteiger partial charge in [0.15, 0.2) is 0 Å². The van der Waals surface area contributed by atoms with Gasteiger partial charge in [0.2, 0.25) is 0 Å². The molecule has 0 spiro atoms. The van der Waals surface area contributed by atoms with Crippen molar-refractivity contribution in [2.24, 2.45) is 0 Å². The molecule has 50 heteroatoms. The Labute approximate surface area is 420 Å². The number of hydrogen-bond donors (Lipinski definition) is 5. The Kier molecular flexibility index (Phi) is 38.1. The molecule has 0 aliphatic carbocycles. The van der Waals surface area contributed by atoms with Crippen LogP contribution in [-0.4, -0.2) is 174 Å². The van der Waals surface area contributed by atoms with Gasteiger partial charge < -0.3 is 136 Å². The molecule has 0 aromatic heterocycles. The average molecular weight is 1270 g/mol. The molecule has 0 aliphatic rings. The van der Waals surface area contributed by atoms with E-state index in [1.165, 1.54) is 14.1 Å². The summed E-state index contributed by atoms with van der Waals surface area (Å²) in [6, 6.07) is 0. The third-order valence-electron chi connectivity index (χ3n) is 6.36. The second kappa shape index (κ2) is 37.7. The van der Waals surface area contributed by atoms with Gasteiger partial charge in [-0.3, -0.25) is 51.7 Å². The lowest BCUT2D eigenvalue weighted by Gasteiger charge is -2.28. The van der Waals surface area contributed by atoms with Crippen LogP contribution in [0.25, 0.3) is 0 Å². The van der Waals surface area contributed by atoms with E-state index in [9.17, 15) is 80.2 Å². The Bertz CT molecular complexity index is 2000. The summed E-state index contributed by atoms with van der Waals surface area (Å²) in [5.74, 6) is 0. The standard InChI is InChI=1S/C24H61N2O39P9/c1-25-21-47-18-23(17-27)65-74(45,46)62-16-15-60-72(41,42)58-12-11-56-70(37,38)54-8-7-52-68(33,34)50-4-3-49-67(31,32)51-5-6-53-69(35,36)55-9-10-57-71(39,40)59-13-14-61-73(43,44)63-20-24(19-48-22-26-2)64-66(28,29)30/h23-27H,3-22H2,1-2H3,(H,31,32)(H,33,34)(H,35,36)(H,37,38)(H,39,40)(H,41,42)(H,43,44)(H,45,46)(H2,28,29,30)/p-8. The van der Waals surface area contributed by atoms with Crippen molar-refractivity contribution in [3.8, 4) is 0 Å². The lowest BCUT2D eigenvalue weighted by atomic mass is 10.4. The van der Waals surface area contributed by atoms with Gasteiger partial charge in [-0.2, -0.15) is 0 Å². The van der Waals surface area contributed by atoms with Crippen molar-refractivity contribution in [3.05, 3.63) is 0 Å². The summed E-state index contributed by atoms with van der Waals surface area (Å²) >= 11 is 0. The van der Waals surface area contributed by atoms with Gasteiger partial charge in [-0.05, 0) is 14.1 Å². The van der Waals surface area contributed by atoms with Crippen LogP contribution in [0.3, 0.4) is 0 Å². The van der Waals surface area contributed by atoms with Crippen LogP contribution in [-0.2, 0) is 127 Å². The molecule has 0 aromatic rings. The van der Waals surface area contributed by atoms with E-state index in [0.717, 1.165) is 0 Å². The molecule has 446 valence electrons. The Morgan fingerprint density at radius 1 is 0.338 bits per heavy atom. The third-order valence-corrected chi connectivity index (χ3v) is 14.9. The molecule has 41 nitrogen and oxygen atoms in total. The first-order valence-electron chi connectivity index (χ1n) is 19.7. The molecular formula is C24H53N2O39P9-8. The number of phosphoric ester groups is 9. The summed E-state index contributed by atoms with van der Waals surface area (Å²) in [7, 11) is -43.9. The summed E-state index contributed by atoms with van der Waals surface area (Å²) in [4.78, 5) is 112. The molecule has 74 heavy (non-hydrogen) atoms. The van der Waals surface area contributed by atoms with Gasteiger partial charge in [0.05, 0.1) is 132 Å². The van der Waals surface area contributed by atoms with Crippen LogP contribution in [0.1, 0.15) is 0 Å². The molecule has 0 rings (SSSR count). The van der Waals surface area contributed by atoms with Crippen molar-refractivity contribution < 1.29 is 182 Å². The minimum atomic E-state index is -5.28. The zero-order valence-electron chi connectivity index (χ0n) is 38.4. The fraction of sp³-hybridized carbons (Fsp3) is 1.00. The first-order valence-corrected chi connectivity index (χ1v) is 32.9. The minimum absolute atomic E-state index is 0.00614. The SMILES string of the molecule is CNCOCC(COP(=O)([O-])OCCOP(=O)([O-])OCCOP(=O)([O-])OCCOP(=O)([O-])OCCOP(=O)([O-])OCCOP(=O)([O-])OCCOP(=O)([O-])OCCOP(=O)([O-])OC(CO)COCNC)OP(=O)(O)O. The van der Waals surface area contributed by atoms with Gasteiger partial charge in [0.1, 0.15) is 12.2 Å². The Morgan fingerprint density at radius 2 is 0.554 bits per heavy atom. The molecule has 0 fully saturated rings. The molecule has 10 atom stereocenters. The maximum atomic E-state index is 11.9. The normalized spacial score (nSPS) is 19.9. The summed E-state index contributed by atoms with van der Waals surface area (Å²) in [6.45, 7) is -16.8. The molecule has 0 bridgehead atoms. The number of nitrogens with one attached hydrogen (secondary N) is 2. The van der Waals surface area contributed by atoms with Crippen LogP contribution in [0.5, 0.6) is 0 Å². The summed E-state index contributed by atoms with van der Waals surface area (Å²) in [5.41, 5.74) is 0. The van der Waals surface area contributed by atoms with E-state index in [2.05, 4.69) is 87.5 Å². The third kappa shape index (κ3) is 44.5.